The molecule has 0 saturated heterocycles. The zero-order valence-electron chi connectivity index (χ0n) is 12.4. The number of para-hydroxylation sites is 1. The highest BCUT2D eigenvalue weighted by Gasteiger charge is 2.33. The third kappa shape index (κ3) is 3.35. The van der Waals surface area contributed by atoms with Crippen LogP contribution in [0.5, 0.6) is 5.75 Å². The first-order valence-corrected chi connectivity index (χ1v) is 7.81. The Bertz CT molecular complexity index is 470. The molecule has 3 heteroatoms. The number of hydrogen-bond donors (Lipinski definition) is 0. The first kappa shape index (κ1) is 15.4. The van der Waals surface area contributed by atoms with Gasteiger partial charge in [0, 0.05) is 0 Å². The quantitative estimate of drug-likeness (QED) is 0.731. The van der Waals surface area contributed by atoms with Gasteiger partial charge in [-0.2, -0.15) is 0 Å². The second-order valence-electron chi connectivity index (χ2n) is 6.26. The Kier molecular flexibility index (Phi) is 5.09. The van der Waals surface area contributed by atoms with Crippen LogP contribution >= 0.6 is 11.6 Å². The van der Waals surface area contributed by atoms with Crippen LogP contribution in [0.3, 0.4) is 0 Å². The van der Waals surface area contributed by atoms with E-state index in [4.69, 9.17) is 16.3 Å². The van der Waals surface area contributed by atoms with Crippen LogP contribution in [0.4, 0.5) is 0 Å². The number of carbonyl (C=O) groups excluding carboxylic acids is 1. The highest BCUT2D eigenvalue weighted by atomic mass is 35.5. The summed E-state index contributed by atoms with van der Waals surface area (Å²) in [7, 11) is 0. The Labute approximate surface area is 126 Å². The molecule has 0 bridgehead atoms. The van der Waals surface area contributed by atoms with Gasteiger partial charge in [0.1, 0.15) is 11.9 Å². The number of carbonyl (C=O) groups is 1. The minimum Gasteiger partial charge on any atom is -0.488 e. The summed E-state index contributed by atoms with van der Waals surface area (Å²) in [5.74, 6) is 2.32. The molecule has 0 radical (unpaired) electrons. The number of halogens is 1. The minimum absolute atomic E-state index is 0.150. The van der Waals surface area contributed by atoms with Gasteiger partial charge in [0.15, 0.2) is 6.29 Å². The zero-order chi connectivity index (χ0) is 14.7. The Morgan fingerprint density at radius 2 is 2.10 bits per heavy atom. The van der Waals surface area contributed by atoms with Gasteiger partial charge in [0.2, 0.25) is 0 Å². The lowest BCUT2D eigenvalue weighted by molar-refractivity contribution is 0.0455. The highest BCUT2D eigenvalue weighted by molar-refractivity contribution is 6.32. The van der Waals surface area contributed by atoms with E-state index in [1.807, 2.05) is 0 Å². The first-order valence-electron chi connectivity index (χ1n) is 7.43. The van der Waals surface area contributed by atoms with Gasteiger partial charge >= 0.3 is 0 Å². The van der Waals surface area contributed by atoms with Crippen LogP contribution in [-0.4, -0.2) is 12.4 Å². The van der Waals surface area contributed by atoms with E-state index in [9.17, 15) is 4.79 Å². The lowest BCUT2D eigenvalue weighted by Gasteiger charge is -2.37. The van der Waals surface area contributed by atoms with E-state index in [1.165, 1.54) is 12.8 Å². The van der Waals surface area contributed by atoms with Gasteiger partial charge in [0.25, 0.3) is 0 Å². The maximum atomic E-state index is 11.2. The lowest BCUT2D eigenvalue weighted by atomic mass is 9.75. The predicted octanol–water partition coefficient (Wildman–Crippen LogP) is 4.99. The van der Waals surface area contributed by atoms with E-state index >= 15 is 0 Å². The molecule has 1 fully saturated rings. The topological polar surface area (TPSA) is 26.3 Å². The maximum absolute atomic E-state index is 11.2. The molecule has 110 valence electrons. The van der Waals surface area contributed by atoms with Crippen molar-refractivity contribution in [3.63, 3.8) is 0 Å². The van der Waals surface area contributed by atoms with Crippen molar-refractivity contribution in [1.82, 2.24) is 0 Å². The van der Waals surface area contributed by atoms with Crippen LogP contribution in [0, 0.1) is 17.8 Å². The van der Waals surface area contributed by atoms with E-state index in [1.54, 1.807) is 18.2 Å². The summed E-state index contributed by atoms with van der Waals surface area (Å²) >= 11 is 6.21. The average Bonchev–Trinajstić information content (AvgIpc) is 2.40. The molecule has 1 aromatic rings. The molecule has 3 atom stereocenters. The van der Waals surface area contributed by atoms with Gasteiger partial charge in [-0.25, -0.2) is 0 Å². The summed E-state index contributed by atoms with van der Waals surface area (Å²) in [5.41, 5.74) is 0.540. The molecule has 20 heavy (non-hydrogen) atoms. The number of ether oxygens (including phenoxy) is 1. The van der Waals surface area contributed by atoms with Gasteiger partial charge in [-0.3, -0.25) is 4.79 Å². The van der Waals surface area contributed by atoms with Gasteiger partial charge < -0.3 is 4.74 Å². The van der Waals surface area contributed by atoms with E-state index in [2.05, 4.69) is 20.8 Å². The van der Waals surface area contributed by atoms with Crippen molar-refractivity contribution >= 4 is 17.9 Å². The monoisotopic (exact) mass is 294 g/mol. The van der Waals surface area contributed by atoms with Gasteiger partial charge in [-0.1, -0.05) is 44.9 Å². The maximum Gasteiger partial charge on any atom is 0.153 e. The molecular weight excluding hydrogens is 272 g/mol. The Morgan fingerprint density at radius 3 is 2.75 bits per heavy atom. The van der Waals surface area contributed by atoms with Crippen molar-refractivity contribution in [1.29, 1.82) is 0 Å². The van der Waals surface area contributed by atoms with Crippen LogP contribution in [0.15, 0.2) is 18.2 Å². The summed E-state index contributed by atoms with van der Waals surface area (Å²) in [6, 6.07) is 5.31. The molecule has 0 N–H and O–H groups in total. The molecule has 0 amide bonds. The van der Waals surface area contributed by atoms with Crippen molar-refractivity contribution < 1.29 is 9.53 Å². The Morgan fingerprint density at radius 1 is 1.35 bits per heavy atom. The molecule has 0 heterocycles. The normalized spacial score (nSPS) is 26.6. The molecular formula is C17H23ClO2. The molecule has 0 aliphatic heterocycles. The smallest absolute Gasteiger partial charge is 0.153 e. The van der Waals surface area contributed by atoms with Gasteiger partial charge in [0.05, 0.1) is 10.6 Å². The summed E-state index contributed by atoms with van der Waals surface area (Å²) in [6.07, 6.45) is 4.44. The van der Waals surface area contributed by atoms with Crippen LogP contribution < -0.4 is 4.74 Å². The fourth-order valence-electron chi connectivity index (χ4n) is 3.14. The summed E-state index contributed by atoms with van der Waals surface area (Å²) in [5, 5.41) is 0.523. The number of benzene rings is 1. The largest absolute Gasteiger partial charge is 0.488 e. The predicted molar refractivity (Wildman–Crippen MR) is 82.6 cm³/mol. The van der Waals surface area contributed by atoms with Gasteiger partial charge in [-0.15, -0.1) is 0 Å². The van der Waals surface area contributed by atoms with E-state index in [-0.39, 0.29) is 6.10 Å². The highest BCUT2D eigenvalue weighted by Crippen LogP contribution is 2.38. The standard InChI is InChI=1S/C17H23ClO2/c1-11(2)14-8-7-12(3)9-16(14)20-17-13(10-19)5-4-6-15(17)18/h4-6,10-12,14,16H,7-9H2,1-3H3. The van der Waals surface area contributed by atoms with Crippen LogP contribution in [-0.2, 0) is 0 Å². The fraction of sp³-hybridized carbons (Fsp3) is 0.588. The molecule has 3 unspecified atom stereocenters. The summed E-state index contributed by atoms with van der Waals surface area (Å²) in [4.78, 5) is 11.2. The Hall–Kier alpha value is -1.02. The lowest BCUT2D eigenvalue weighted by Crippen LogP contribution is -2.36. The van der Waals surface area contributed by atoms with Crippen molar-refractivity contribution in [2.75, 3.05) is 0 Å². The molecule has 1 aromatic carbocycles. The van der Waals surface area contributed by atoms with Gasteiger partial charge in [-0.05, 0) is 42.7 Å². The zero-order valence-corrected chi connectivity index (χ0v) is 13.2. The summed E-state index contributed by atoms with van der Waals surface area (Å²) < 4.78 is 6.19. The molecule has 2 rings (SSSR count). The van der Waals surface area contributed by atoms with E-state index in [0.29, 0.717) is 34.1 Å². The minimum atomic E-state index is 0.150. The van der Waals surface area contributed by atoms with E-state index in [0.717, 1.165) is 12.7 Å². The third-order valence-corrected chi connectivity index (χ3v) is 4.65. The summed E-state index contributed by atoms with van der Waals surface area (Å²) in [6.45, 7) is 6.74. The van der Waals surface area contributed by atoms with Crippen molar-refractivity contribution in [2.45, 2.75) is 46.1 Å². The fourth-order valence-corrected chi connectivity index (χ4v) is 3.37. The molecule has 1 saturated carbocycles. The second kappa shape index (κ2) is 6.62. The molecule has 2 nitrogen and oxygen atoms in total. The Balaban J connectivity index is 2.24. The SMILES string of the molecule is CC1CCC(C(C)C)C(Oc2c(Cl)cccc2C=O)C1. The number of rotatable bonds is 4. The van der Waals surface area contributed by atoms with Crippen LogP contribution in [0.2, 0.25) is 5.02 Å². The van der Waals surface area contributed by atoms with Crippen LogP contribution in [0.25, 0.3) is 0 Å². The van der Waals surface area contributed by atoms with E-state index < -0.39 is 0 Å². The average molecular weight is 295 g/mol. The second-order valence-corrected chi connectivity index (χ2v) is 6.67. The number of hydrogen-bond acceptors (Lipinski definition) is 2. The van der Waals surface area contributed by atoms with Crippen molar-refractivity contribution in [3.05, 3.63) is 28.8 Å². The molecule has 1 aliphatic rings. The van der Waals surface area contributed by atoms with Crippen LogP contribution in [0.1, 0.15) is 50.4 Å². The van der Waals surface area contributed by atoms with Crippen molar-refractivity contribution in [3.8, 4) is 5.75 Å². The van der Waals surface area contributed by atoms with Crippen molar-refractivity contribution in [2.24, 2.45) is 17.8 Å². The third-order valence-electron chi connectivity index (χ3n) is 4.35. The molecule has 1 aliphatic carbocycles. The molecule has 0 aromatic heterocycles. The molecule has 0 spiro atoms. The first-order chi connectivity index (χ1) is 9.52. The number of aldehydes is 1.